The van der Waals surface area contributed by atoms with Crippen molar-refractivity contribution >= 4 is 5.78 Å². The number of piperidine rings is 1. The van der Waals surface area contributed by atoms with E-state index in [1.807, 2.05) is 18.7 Å². The molecule has 1 aliphatic carbocycles. The van der Waals surface area contributed by atoms with E-state index in [2.05, 4.69) is 16.1 Å². The predicted octanol–water partition coefficient (Wildman–Crippen LogP) is 2.84. The summed E-state index contributed by atoms with van der Waals surface area (Å²) in [5.41, 5.74) is 2.34. The van der Waals surface area contributed by atoms with Crippen LogP contribution >= 0.6 is 0 Å². The van der Waals surface area contributed by atoms with Gasteiger partial charge in [-0.3, -0.25) is 14.4 Å². The Kier molecular flexibility index (Phi) is 4.43. The Morgan fingerprint density at radius 3 is 2.76 bits per heavy atom. The number of carbonyl (C=O) groups excluding carboxylic acids is 1. The van der Waals surface area contributed by atoms with Crippen molar-refractivity contribution in [1.29, 1.82) is 0 Å². The topological polar surface area (TPSA) is 38.1 Å². The van der Waals surface area contributed by atoms with Crippen LogP contribution in [-0.4, -0.2) is 33.1 Å². The molecule has 0 N–H and O–H groups in total. The van der Waals surface area contributed by atoms with Gasteiger partial charge in [-0.25, -0.2) is 0 Å². The second-order valence-corrected chi connectivity index (χ2v) is 6.75. The van der Waals surface area contributed by atoms with Crippen molar-refractivity contribution in [3.8, 4) is 0 Å². The highest BCUT2D eigenvalue weighted by Crippen LogP contribution is 2.32. The molecule has 0 spiro atoms. The number of likely N-dealkylation sites (tertiary alicyclic amines) is 1. The van der Waals surface area contributed by atoms with Crippen LogP contribution in [0.1, 0.15) is 56.3 Å². The lowest BCUT2D eigenvalue weighted by atomic mass is 9.79. The van der Waals surface area contributed by atoms with Crippen molar-refractivity contribution in [2.75, 3.05) is 6.54 Å². The molecular weight excluding hydrogens is 262 g/mol. The molecule has 4 nitrogen and oxygen atoms in total. The lowest BCUT2D eigenvalue weighted by Gasteiger charge is -2.41. The molecule has 0 aromatic carbocycles. The quantitative estimate of drug-likeness (QED) is 0.859. The number of carbonyl (C=O) groups is 1. The average molecular weight is 289 g/mol. The SMILES string of the molecule is Cc1cc(CN2CCCCC2C2CCCCC2=O)n(C)n1. The van der Waals surface area contributed by atoms with Gasteiger partial charge in [-0.2, -0.15) is 5.10 Å². The number of ketones is 1. The molecule has 2 heterocycles. The fraction of sp³-hybridized carbons (Fsp3) is 0.765. The highest BCUT2D eigenvalue weighted by Gasteiger charge is 2.35. The lowest BCUT2D eigenvalue weighted by molar-refractivity contribution is -0.127. The minimum atomic E-state index is 0.286. The molecule has 21 heavy (non-hydrogen) atoms. The zero-order chi connectivity index (χ0) is 14.8. The highest BCUT2D eigenvalue weighted by molar-refractivity contribution is 5.82. The molecule has 2 aliphatic rings. The summed E-state index contributed by atoms with van der Waals surface area (Å²) in [6.07, 6.45) is 7.95. The number of aryl methyl sites for hydroxylation is 2. The van der Waals surface area contributed by atoms with E-state index < -0.39 is 0 Å². The third-order valence-corrected chi connectivity index (χ3v) is 5.19. The van der Waals surface area contributed by atoms with Gasteiger partial charge in [0.2, 0.25) is 0 Å². The second-order valence-electron chi connectivity index (χ2n) is 6.75. The van der Waals surface area contributed by atoms with Gasteiger partial charge in [0, 0.05) is 32.0 Å². The maximum absolute atomic E-state index is 12.3. The van der Waals surface area contributed by atoms with E-state index in [9.17, 15) is 4.79 Å². The van der Waals surface area contributed by atoms with Crippen LogP contribution in [0.2, 0.25) is 0 Å². The summed E-state index contributed by atoms with van der Waals surface area (Å²) in [6.45, 7) is 4.10. The Bertz CT molecular complexity index is 508. The van der Waals surface area contributed by atoms with Crippen molar-refractivity contribution in [2.24, 2.45) is 13.0 Å². The predicted molar refractivity (Wildman–Crippen MR) is 83.0 cm³/mol. The van der Waals surface area contributed by atoms with Gasteiger partial charge in [0.25, 0.3) is 0 Å². The Labute approximate surface area is 127 Å². The number of nitrogens with zero attached hydrogens (tertiary/aromatic N) is 3. The molecule has 1 aliphatic heterocycles. The standard InChI is InChI=1S/C17H27N3O/c1-13-11-14(19(2)18-13)12-20-10-6-5-8-16(20)15-7-3-4-9-17(15)21/h11,15-16H,3-10,12H2,1-2H3. The molecule has 0 amide bonds. The fourth-order valence-corrected chi connectivity index (χ4v) is 4.11. The number of hydrogen-bond acceptors (Lipinski definition) is 3. The van der Waals surface area contributed by atoms with Crippen molar-refractivity contribution < 1.29 is 4.79 Å². The molecule has 1 saturated heterocycles. The monoisotopic (exact) mass is 289 g/mol. The van der Waals surface area contributed by atoms with E-state index in [-0.39, 0.29) is 5.92 Å². The van der Waals surface area contributed by atoms with Crippen LogP contribution in [0.25, 0.3) is 0 Å². The summed E-state index contributed by atoms with van der Waals surface area (Å²) in [4.78, 5) is 14.9. The molecule has 0 bridgehead atoms. The molecule has 3 rings (SSSR count). The Morgan fingerprint density at radius 2 is 2.05 bits per heavy atom. The molecule has 2 fully saturated rings. The van der Waals surface area contributed by atoms with E-state index in [4.69, 9.17) is 0 Å². The van der Waals surface area contributed by atoms with Gasteiger partial charge >= 0.3 is 0 Å². The number of hydrogen-bond donors (Lipinski definition) is 0. The number of rotatable bonds is 3. The third-order valence-electron chi connectivity index (χ3n) is 5.19. The third kappa shape index (κ3) is 3.20. The summed E-state index contributed by atoms with van der Waals surface area (Å²) in [5, 5.41) is 4.45. The average Bonchev–Trinajstić information content (AvgIpc) is 2.78. The van der Waals surface area contributed by atoms with Crippen LogP contribution in [0.5, 0.6) is 0 Å². The van der Waals surface area contributed by atoms with Crippen LogP contribution in [0.15, 0.2) is 6.07 Å². The van der Waals surface area contributed by atoms with Crippen LogP contribution in [-0.2, 0) is 18.4 Å². The Morgan fingerprint density at radius 1 is 1.24 bits per heavy atom. The second kappa shape index (κ2) is 6.30. The highest BCUT2D eigenvalue weighted by atomic mass is 16.1. The van der Waals surface area contributed by atoms with Gasteiger partial charge in [0.15, 0.2) is 0 Å². The molecule has 2 atom stereocenters. The summed E-state index contributed by atoms with van der Waals surface area (Å²) >= 11 is 0. The number of aromatic nitrogens is 2. The van der Waals surface area contributed by atoms with E-state index in [1.54, 1.807) is 0 Å². The molecule has 0 radical (unpaired) electrons. The van der Waals surface area contributed by atoms with Gasteiger partial charge in [-0.05, 0) is 45.2 Å². The smallest absolute Gasteiger partial charge is 0.137 e. The van der Waals surface area contributed by atoms with Crippen LogP contribution in [0.4, 0.5) is 0 Å². The first-order valence-electron chi connectivity index (χ1n) is 8.41. The molecule has 2 unspecified atom stereocenters. The van der Waals surface area contributed by atoms with Crippen molar-refractivity contribution in [2.45, 2.75) is 64.5 Å². The van der Waals surface area contributed by atoms with E-state index >= 15 is 0 Å². The first-order valence-corrected chi connectivity index (χ1v) is 8.41. The van der Waals surface area contributed by atoms with Gasteiger partial charge in [-0.1, -0.05) is 12.8 Å². The summed E-state index contributed by atoms with van der Waals surface area (Å²) in [5.74, 6) is 0.799. The van der Waals surface area contributed by atoms with E-state index in [0.29, 0.717) is 11.8 Å². The minimum Gasteiger partial charge on any atom is -0.299 e. The van der Waals surface area contributed by atoms with Crippen molar-refractivity contribution in [3.63, 3.8) is 0 Å². The lowest BCUT2D eigenvalue weighted by Crippen LogP contribution is -2.47. The summed E-state index contributed by atoms with van der Waals surface area (Å²) in [6, 6.07) is 2.63. The van der Waals surface area contributed by atoms with Gasteiger partial charge in [0.1, 0.15) is 5.78 Å². The molecule has 1 saturated carbocycles. The van der Waals surface area contributed by atoms with Crippen LogP contribution in [0, 0.1) is 12.8 Å². The molecular formula is C17H27N3O. The van der Waals surface area contributed by atoms with E-state index in [1.165, 1.54) is 31.4 Å². The Hall–Kier alpha value is -1.16. The van der Waals surface area contributed by atoms with Crippen LogP contribution < -0.4 is 0 Å². The van der Waals surface area contributed by atoms with Gasteiger partial charge < -0.3 is 0 Å². The summed E-state index contributed by atoms with van der Waals surface area (Å²) in [7, 11) is 2.02. The van der Waals surface area contributed by atoms with Crippen molar-refractivity contribution in [1.82, 2.24) is 14.7 Å². The molecule has 1 aromatic heterocycles. The zero-order valence-corrected chi connectivity index (χ0v) is 13.3. The van der Waals surface area contributed by atoms with Gasteiger partial charge in [-0.15, -0.1) is 0 Å². The first kappa shape index (κ1) is 14.8. The molecule has 1 aromatic rings. The normalized spacial score (nSPS) is 28.0. The zero-order valence-electron chi connectivity index (χ0n) is 13.3. The largest absolute Gasteiger partial charge is 0.299 e. The number of Topliss-reactive ketones (excluding diaryl/α,β-unsaturated/α-hetero) is 1. The maximum Gasteiger partial charge on any atom is 0.137 e. The van der Waals surface area contributed by atoms with Crippen molar-refractivity contribution in [3.05, 3.63) is 17.5 Å². The minimum absolute atomic E-state index is 0.286. The maximum atomic E-state index is 12.3. The Balaban J connectivity index is 1.74. The van der Waals surface area contributed by atoms with E-state index in [0.717, 1.165) is 38.0 Å². The summed E-state index contributed by atoms with van der Waals surface area (Å²) < 4.78 is 1.99. The first-order chi connectivity index (χ1) is 10.1. The molecule has 116 valence electrons. The molecule has 4 heteroatoms. The fourth-order valence-electron chi connectivity index (χ4n) is 4.11. The van der Waals surface area contributed by atoms with Crippen LogP contribution in [0.3, 0.4) is 0 Å². The van der Waals surface area contributed by atoms with Gasteiger partial charge in [0.05, 0.1) is 11.4 Å².